The molecule has 1 aliphatic heterocycles. The Morgan fingerprint density at radius 2 is 2.05 bits per heavy atom. The van der Waals surface area contributed by atoms with Crippen molar-refractivity contribution in [1.29, 1.82) is 0 Å². The molecule has 0 unspecified atom stereocenters. The maximum absolute atomic E-state index is 8.90. The molecule has 0 amide bonds. The number of hydrogen-bond donors (Lipinski definition) is 2. The lowest BCUT2D eigenvalue weighted by Crippen LogP contribution is -2.22. The van der Waals surface area contributed by atoms with Crippen molar-refractivity contribution in [3.05, 3.63) is 0 Å². The predicted molar refractivity (Wildman–Crippen MR) is 77.9 cm³/mol. The second kappa shape index (κ2) is 7.49. The Labute approximate surface area is 118 Å². The van der Waals surface area contributed by atoms with Crippen LogP contribution < -0.4 is 10.2 Å². The quantitative estimate of drug-likeness (QED) is 0.732. The van der Waals surface area contributed by atoms with E-state index < -0.39 is 0 Å². The molecule has 19 heavy (non-hydrogen) atoms. The summed E-state index contributed by atoms with van der Waals surface area (Å²) < 4.78 is 0. The molecule has 2 N–H and O–H groups in total. The van der Waals surface area contributed by atoms with Crippen LogP contribution in [0.15, 0.2) is 5.16 Å². The largest absolute Gasteiger partial charge is 0.396 e. The summed E-state index contributed by atoms with van der Waals surface area (Å²) >= 11 is 1.46. The van der Waals surface area contributed by atoms with E-state index in [1.54, 1.807) is 0 Å². The summed E-state index contributed by atoms with van der Waals surface area (Å²) in [6, 6.07) is 0. The molecule has 1 aromatic rings. The number of thioether (sulfide) groups is 1. The van der Waals surface area contributed by atoms with Crippen LogP contribution in [0.4, 0.5) is 11.9 Å². The Kier molecular flexibility index (Phi) is 5.65. The SMILES string of the molecule is CCCNc1nc(SCCO)nc(N2CCCC2)n1. The van der Waals surface area contributed by atoms with Crippen LogP contribution >= 0.6 is 11.8 Å². The van der Waals surface area contributed by atoms with Crippen LogP contribution in [0.1, 0.15) is 26.2 Å². The van der Waals surface area contributed by atoms with Gasteiger partial charge < -0.3 is 15.3 Å². The summed E-state index contributed by atoms with van der Waals surface area (Å²) in [5.74, 6) is 2.00. The first-order valence-corrected chi connectivity index (χ1v) is 7.80. The van der Waals surface area contributed by atoms with Crippen molar-refractivity contribution in [1.82, 2.24) is 15.0 Å². The van der Waals surface area contributed by atoms with E-state index in [2.05, 4.69) is 32.1 Å². The summed E-state index contributed by atoms with van der Waals surface area (Å²) in [5.41, 5.74) is 0. The maximum atomic E-state index is 8.90. The van der Waals surface area contributed by atoms with E-state index in [0.717, 1.165) is 32.0 Å². The molecular formula is C12H21N5OS. The molecule has 6 nitrogen and oxygen atoms in total. The molecule has 2 heterocycles. The normalized spacial score (nSPS) is 14.9. The molecule has 0 atom stereocenters. The van der Waals surface area contributed by atoms with Gasteiger partial charge in [-0.05, 0) is 19.3 Å². The van der Waals surface area contributed by atoms with E-state index in [4.69, 9.17) is 5.11 Å². The standard InChI is InChI=1S/C12H21N5OS/c1-2-5-13-10-14-11(17-6-3-4-7-17)16-12(15-10)19-9-8-18/h18H,2-9H2,1H3,(H,13,14,15,16). The van der Waals surface area contributed by atoms with E-state index >= 15 is 0 Å². The second-order valence-electron chi connectivity index (χ2n) is 4.43. The Hall–Kier alpha value is -1.08. The minimum absolute atomic E-state index is 0.132. The molecule has 106 valence electrons. The number of anilines is 2. The lowest BCUT2D eigenvalue weighted by molar-refractivity contribution is 0.322. The summed E-state index contributed by atoms with van der Waals surface area (Å²) in [5, 5.41) is 12.8. The fourth-order valence-corrected chi connectivity index (χ4v) is 2.49. The van der Waals surface area contributed by atoms with Crippen LogP contribution in [0.25, 0.3) is 0 Å². The van der Waals surface area contributed by atoms with E-state index in [0.29, 0.717) is 16.9 Å². The topological polar surface area (TPSA) is 74.2 Å². The van der Waals surface area contributed by atoms with Gasteiger partial charge in [-0.2, -0.15) is 15.0 Å². The molecule has 0 aromatic carbocycles. The summed E-state index contributed by atoms with van der Waals surface area (Å²) in [6.45, 7) is 5.13. The fraction of sp³-hybridized carbons (Fsp3) is 0.750. The maximum Gasteiger partial charge on any atom is 0.231 e. The van der Waals surface area contributed by atoms with Crippen molar-refractivity contribution in [3.8, 4) is 0 Å². The van der Waals surface area contributed by atoms with Crippen LogP contribution in [0.5, 0.6) is 0 Å². The van der Waals surface area contributed by atoms with Gasteiger partial charge in [-0.1, -0.05) is 18.7 Å². The predicted octanol–water partition coefficient (Wildman–Crippen LogP) is 1.38. The smallest absolute Gasteiger partial charge is 0.231 e. The van der Waals surface area contributed by atoms with Crippen molar-refractivity contribution >= 4 is 23.7 Å². The number of rotatable bonds is 7. The third-order valence-electron chi connectivity index (χ3n) is 2.85. The molecule has 0 saturated carbocycles. The minimum atomic E-state index is 0.132. The van der Waals surface area contributed by atoms with Crippen LogP contribution in [-0.2, 0) is 0 Å². The van der Waals surface area contributed by atoms with Gasteiger partial charge in [0, 0.05) is 25.4 Å². The molecule has 7 heteroatoms. The second-order valence-corrected chi connectivity index (χ2v) is 5.50. The summed E-state index contributed by atoms with van der Waals surface area (Å²) in [7, 11) is 0. The van der Waals surface area contributed by atoms with Gasteiger partial charge in [-0.15, -0.1) is 0 Å². The van der Waals surface area contributed by atoms with Crippen LogP contribution in [0.3, 0.4) is 0 Å². The molecule has 1 fully saturated rings. The molecule has 0 aliphatic carbocycles. The number of nitrogens with zero attached hydrogens (tertiary/aromatic N) is 4. The Morgan fingerprint density at radius 1 is 1.26 bits per heavy atom. The Morgan fingerprint density at radius 3 is 2.74 bits per heavy atom. The van der Waals surface area contributed by atoms with Gasteiger partial charge in [0.15, 0.2) is 5.16 Å². The Balaban J connectivity index is 2.14. The fourth-order valence-electron chi connectivity index (χ4n) is 1.92. The number of nitrogens with one attached hydrogen (secondary N) is 1. The third-order valence-corrected chi connectivity index (χ3v) is 3.68. The average Bonchev–Trinajstić information content (AvgIpc) is 2.97. The van der Waals surface area contributed by atoms with Gasteiger partial charge >= 0.3 is 0 Å². The van der Waals surface area contributed by atoms with Gasteiger partial charge in [-0.3, -0.25) is 0 Å². The number of hydrogen-bond acceptors (Lipinski definition) is 7. The molecule has 2 rings (SSSR count). The van der Waals surface area contributed by atoms with Crippen molar-refractivity contribution < 1.29 is 5.11 Å². The molecule has 1 saturated heterocycles. The van der Waals surface area contributed by atoms with E-state index in [1.165, 1.54) is 24.6 Å². The molecule has 1 aromatic heterocycles. The summed E-state index contributed by atoms with van der Waals surface area (Å²) in [4.78, 5) is 15.5. The van der Waals surface area contributed by atoms with Gasteiger partial charge in [0.1, 0.15) is 0 Å². The first-order chi connectivity index (χ1) is 9.33. The molecule has 1 aliphatic rings. The van der Waals surface area contributed by atoms with Crippen molar-refractivity contribution in [2.24, 2.45) is 0 Å². The number of aliphatic hydroxyl groups excluding tert-OH is 1. The highest BCUT2D eigenvalue weighted by Crippen LogP contribution is 2.21. The highest BCUT2D eigenvalue weighted by molar-refractivity contribution is 7.99. The number of aliphatic hydroxyl groups is 1. The third kappa shape index (κ3) is 4.21. The lowest BCUT2D eigenvalue weighted by Gasteiger charge is -2.16. The summed E-state index contributed by atoms with van der Waals surface area (Å²) in [6.07, 6.45) is 3.43. The van der Waals surface area contributed by atoms with E-state index in [1.807, 2.05) is 0 Å². The van der Waals surface area contributed by atoms with Crippen molar-refractivity contribution in [2.75, 3.05) is 42.2 Å². The van der Waals surface area contributed by atoms with E-state index in [9.17, 15) is 0 Å². The minimum Gasteiger partial charge on any atom is -0.396 e. The van der Waals surface area contributed by atoms with Gasteiger partial charge in [0.25, 0.3) is 0 Å². The number of aromatic nitrogens is 3. The van der Waals surface area contributed by atoms with Gasteiger partial charge in [0.2, 0.25) is 11.9 Å². The molecule has 0 bridgehead atoms. The Bertz CT molecular complexity index is 371. The van der Waals surface area contributed by atoms with Crippen molar-refractivity contribution in [3.63, 3.8) is 0 Å². The zero-order chi connectivity index (χ0) is 13.5. The van der Waals surface area contributed by atoms with E-state index in [-0.39, 0.29) is 6.61 Å². The molecule has 0 radical (unpaired) electrons. The molecular weight excluding hydrogens is 262 g/mol. The molecule has 0 spiro atoms. The monoisotopic (exact) mass is 283 g/mol. The van der Waals surface area contributed by atoms with Crippen LogP contribution in [-0.4, -0.2) is 52.1 Å². The van der Waals surface area contributed by atoms with Crippen LogP contribution in [0.2, 0.25) is 0 Å². The zero-order valence-electron chi connectivity index (χ0n) is 11.3. The van der Waals surface area contributed by atoms with Crippen LogP contribution in [0, 0.1) is 0 Å². The zero-order valence-corrected chi connectivity index (χ0v) is 12.1. The van der Waals surface area contributed by atoms with Gasteiger partial charge in [0.05, 0.1) is 6.61 Å². The lowest BCUT2D eigenvalue weighted by atomic mass is 10.4. The van der Waals surface area contributed by atoms with Crippen molar-refractivity contribution in [2.45, 2.75) is 31.3 Å². The van der Waals surface area contributed by atoms with Gasteiger partial charge in [-0.25, -0.2) is 0 Å². The highest BCUT2D eigenvalue weighted by atomic mass is 32.2. The highest BCUT2D eigenvalue weighted by Gasteiger charge is 2.17. The first kappa shape index (κ1) is 14.3. The average molecular weight is 283 g/mol. The first-order valence-electron chi connectivity index (χ1n) is 6.82.